The van der Waals surface area contributed by atoms with Crippen molar-refractivity contribution >= 4 is 12.4 Å². The molecular formula is C25H36N2O4. The van der Waals surface area contributed by atoms with Gasteiger partial charge in [-0.1, -0.05) is 36.8 Å². The number of carboxylic acid groups (broad SMARTS) is 1. The Balaban J connectivity index is 0.000000730. The first-order valence-corrected chi connectivity index (χ1v) is 11.9. The molecule has 3 heterocycles. The number of hydrogen-bond acceptors (Lipinski definition) is 4. The molecule has 1 aromatic carbocycles. The van der Waals surface area contributed by atoms with Gasteiger partial charge in [0.15, 0.2) is 0 Å². The molecule has 4 aliphatic rings. The molecule has 1 aliphatic carbocycles. The van der Waals surface area contributed by atoms with Crippen molar-refractivity contribution in [1.82, 2.24) is 10.2 Å². The topological polar surface area (TPSA) is 78.9 Å². The van der Waals surface area contributed by atoms with Crippen LogP contribution in [-0.2, 0) is 20.7 Å². The third-order valence-electron chi connectivity index (χ3n) is 7.87. The zero-order chi connectivity index (χ0) is 21.7. The lowest BCUT2D eigenvalue weighted by atomic mass is 9.73. The van der Waals surface area contributed by atoms with Gasteiger partial charge in [0.05, 0.1) is 11.7 Å². The monoisotopic (exact) mass is 428 g/mol. The van der Waals surface area contributed by atoms with Crippen LogP contribution in [0.4, 0.5) is 0 Å². The predicted molar refractivity (Wildman–Crippen MR) is 119 cm³/mol. The van der Waals surface area contributed by atoms with E-state index in [1.807, 2.05) is 0 Å². The summed E-state index contributed by atoms with van der Waals surface area (Å²) in [4.78, 5) is 23.3. The van der Waals surface area contributed by atoms with Gasteiger partial charge in [-0.2, -0.15) is 0 Å². The number of nitrogens with one attached hydrogen (secondary N) is 1. The largest absolute Gasteiger partial charge is 0.483 e. The minimum Gasteiger partial charge on any atom is -0.483 e. The van der Waals surface area contributed by atoms with E-state index in [1.165, 1.54) is 50.6 Å². The molecule has 3 saturated heterocycles. The molecule has 0 aromatic heterocycles. The van der Waals surface area contributed by atoms with Gasteiger partial charge < -0.3 is 20.1 Å². The fraction of sp³-hybridized carbons (Fsp3) is 0.680. The van der Waals surface area contributed by atoms with Gasteiger partial charge in [-0.25, -0.2) is 0 Å². The van der Waals surface area contributed by atoms with Crippen molar-refractivity contribution < 1.29 is 19.4 Å². The average molecular weight is 429 g/mol. The molecule has 5 rings (SSSR count). The predicted octanol–water partition coefficient (Wildman–Crippen LogP) is 3.11. The van der Waals surface area contributed by atoms with Crippen molar-refractivity contribution in [2.24, 2.45) is 17.8 Å². The van der Waals surface area contributed by atoms with Crippen molar-refractivity contribution in [2.75, 3.05) is 26.2 Å². The number of fused-ring (bicyclic) bond motifs is 1. The minimum absolute atomic E-state index is 0.0932. The van der Waals surface area contributed by atoms with Crippen LogP contribution in [0.25, 0.3) is 0 Å². The Bertz CT molecular complexity index is 738. The molecule has 6 nitrogen and oxygen atoms in total. The standard InChI is InChI=1S/C24H34N2O2.CH2O2/c27-23(19-10-6-11-19)25-15-20-21-16-26(17-24(21)13-12-22(20)28-24)14-5-4-9-18-7-2-1-3-8-18;2-1-3/h1-3,7-8,19-22H,4-6,9-17H2,(H,25,27);1H,(H,2,3)/t20-,21+,22+,24+;/m0./s1. The van der Waals surface area contributed by atoms with Crippen LogP contribution < -0.4 is 5.32 Å². The highest BCUT2D eigenvalue weighted by Crippen LogP contribution is 2.54. The van der Waals surface area contributed by atoms with Gasteiger partial charge in [0.2, 0.25) is 5.91 Å². The van der Waals surface area contributed by atoms with E-state index in [9.17, 15) is 4.79 Å². The van der Waals surface area contributed by atoms with Crippen molar-refractivity contribution in [2.45, 2.75) is 63.1 Å². The summed E-state index contributed by atoms with van der Waals surface area (Å²) in [6, 6.07) is 10.8. The fourth-order valence-electron chi connectivity index (χ4n) is 6.07. The zero-order valence-electron chi connectivity index (χ0n) is 18.4. The van der Waals surface area contributed by atoms with Gasteiger partial charge in [-0.3, -0.25) is 9.59 Å². The molecule has 2 N–H and O–H groups in total. The molecule has 4 fully saturated rings. The molecule has 6 heteroatoms. The number of nitrogens with zero attached hydrogens (tertiary/aromatic N) is 1. The van der Waals surface area contributed by atoms with E-state index in [-0.39, 0.29) is 18.0 Å². The number of amides is 1. The minimum atomic E-state index is -0.250. The Hall–Kier alpha value is -1.92. The fourth-order valence-corrected chi connectivity index (χ4v) is 6.07. The number of likely N-dealkylation sites (tertiary alicyclic amines) is 1. The number of carbonyl (C=O) groups is 2. The Morgan fingerprint density at radius 2 is 2.00 bits per heavy atom. The first-order chi connectivity index (χ1) is 15.1. The van der Waals surface area contributed by atoms with E-state index < -0.39 is 0 Å². The van der Waals surface area contributed by atoms with E-state index in [0.717, 1.165) is 32.5 Å². The van der Waals surface area contributed by atoms with Crippen LogP contribution in [-0.4, -0.2) is 60.3 Å². The van der Waals surface area contributed by atoms with E-state index in [2.05, 4.69) is 40.5 Å². The normalized spacial score (nSPS) is 31.4. The average Bonchev–Trinajstić information content (AvgIpc) is 3.38. The van der Waals surface area contributed by atoms with Crippen LogP contribution in [0.2, 0.25) is 0 Å². The molecule has 0 unspecified atom stereocenters. The summed E-state index contributed by atoms with van der Waals surface area (Å²) in [5.41, 5.74) is 1.54. The molecule has 0 radical (unpaired) electrons. The Kier molecular flexibility index (Phi) is 7.28. The van der Waals surface area contributed by atoms with E-state index in [0.29, 0.717) is 23.8 Å². The SMILES string of the molecule is O=C(NC[C@H]1[C@H]2CN(CCCCc3ccccc3)C[C@]23CC[C@H]1O3)C1CCC1.O=CO. The maximum absolute atomic E-state index is 12.3. The molecule has 1 spiro atoms. The quantitative estimate of drug-likeness (QED) is 0.491. The van der Waals surface area contributed by atoms with Crippen LogP contribution in [0.15, 0.2) is 30.3 Å². The van der Waals surface area contributed by atoms with Gasteiger partial charge in [0.1, 0.15) is 0 Å². The van der Waals surface area contributed by atoms with Crippen molar-refractivity contribution in [1.29, 1.82) is 0 Å². The first kappa shape index (κ1) is 22.3. The van der Waals surface area contributed by atoms with Crippen molar-refractivity contribution in [3.05, 3.63) is 35.9 Å². The lowest BCUT2D eigenvalue weighted by Gasteiger charge is -2.31. The molecule has 4 atom stereocenters. The van der Waals surface area contributed by atoms with Gasteiger partial charge in [-0.15, -0.1) is 0 Å². The second-order valence-corrected chi connectivity index (χ2v) is 9.69. The summed E-state index contributed by atoms with van der Waals surface area (Å²) in [7, 11) is 0. The summed E-state index contributed by atoms with van der Waals surface area (Å²) in [5, 5.41) is 10.2. The zero-order valence-corrected chi connectivity index (χ0v) is 18.4. The summed E-state index contributed by atoms with van der Waals surface area (Å²) in [5.74, 6) is 1.71. The third kappa shape index (κ3) is 4.96. The smallest absolute Gasteiger partial charge is 0.290 e. The highest BCUT2D eigenvalue weighted by atomic mass is 16.5. The van der Waals surface area contributed by atoms with Crippen LogP contribution in [0.1, 0.15) is 50.5 Å². The number of unbranched alkanes of at least 4 members (excludes halogenated alkanes) is 1. The summed E-state index contributed by atoms with van der Waals surface area (Å²) in [6.45, 7) is 4.02. The van der Waals surface area contributed by atoms with Crippen molar-refractivity contribution in [3.8, 4) is 0 Å². The van der Waals surface area contributed by atoms with E-state index >= 15 is 0 Å². The van der Waals surface area contributed by atoms with Gasteiger partial charge in [0.25, 0.3) is 6.47 Å². The molecule has 1 aromatic rings. The van der Waals surface area contributed by atoms with Gasteiger partial charge in [0, 0.05) is 37.4 Å². The maximum atomic E-state index is 12.3. The highest BCUT2D eigenvalue weighted by Gasteiger charge is 2.62. The number of aryl methyl sites for hydroxylation is 1. The van der Waals surface area contributed by atoms with Crippen molar-refractivity contribution in [3.63, 3.8) is 0 Å². The van der Waals surface area contributed by atoms with E-state index in [1.54, 1.807) is 0 Å². The second-order valence-electron chi connectivity index (χ2n) is 9.69. The molecule has 31 heavy (non-hydrogen) atoms. The lowest BCUT2D eigenvalue weighted by molar-refractivity contribution is -0.127. The Morgan fingerprint density at radius 1 is 1.23 bits per heavy atom. The number of hydrogen-bond donors (Lipinski definition) is 2. The molecular weight excluding hydrogens is 392 g/mol. The van der Waals surface area contributed by atoms with Crippen LogP contribution in [0, 0.1) is 17.8 Å². The summed E-state index contributed by atoms with van der Waals surface area (Å²) in [6.07, 6.45) is 9.86. The van der Waals surface area contributed by atoms with Gasteiger partial charge >= 0.3 is 0 Å². The first-order valence-electron chi connectivity index (χ1n) is 11.9. The molecule has 1 saturated carbocycles. The second kappa shape index (κ2) is 10.1. The number of ether oxygens (including phenoxy) is 1. The van der Waals surface area contributed by atoms with Crippen LogP contribution in [0.3, 0.4) is 0 Å². The molecule has 2 bridgehead atoms. The molecule has 1 amide bonds. The van der Waals surface area contributed by atoms with Crippen LogP contribution >= 0.6 is 0 Å². The highest BCUT2D eigenvalue weighted by molar-refractivity contribution is 5.79. The number of benzene rings is 1. The molecule has 170 valence electrons. The maximum Gasteiger partial charge on any atom is 0.290 e. The third-order valence-corrected chi connectivity index (χ3v) is 7.87. The summed E-state index contributed by atoms with van der Waals surface area (Å²) >= 11 is 0. The lowest BCUT2D eigenvalue weighted by Crippen LogP contribution is -2.44. The Labute approximate surface area is 185 Å². The van der Waals surface area contributed by atoms with Gasteiger partial charge in [-0.05, 0) is 57.1 Å². The van der Waals surface area contributed by atoms with Crippen LogP contribution in [0.5, 0.6) is 0 Å². The Morgan fingerprint density at radius 3 is 2.71 bits per heavy atom. The van der Waals surface area contributed by atoms with E-state index in [4.69, 9.17) is 14.6 Å². The summed E-state index contributed by atoms with van der Waals surface area (Å²) < 4.78 is 6.54. The number of rotatable bonds is 8. The molecule has 3 aliphatic heterocycles. The number of carbonyl (C=O) groups excluding carboxylic acids is 1.